The predicted molar refractivity (Wildman–Crippen MR) is 121 cm³/mol. The highest BCUT2D eigenvalue weighted by Crippen LogP contribution is 2.19. The van der Waals surface area contributed by atoms with Gasteiger partial charge in [0.1, 0.15) is 30.9 Å². The summed E-state index contributed by atoms with van der Waals surface area (Å²) in [4.78, 5) is 20.6. The van der Waals surface area contributed by atoms with Gasteiger partial charge in [0.05, 0.1) is 5.69 Å². The number of oxazole rings is 1. The second kappa shape index (κ2) is 10.2. The monoisotopic (exact) mass is 426 g/mol. The van der Waals surface area contributed by atoms with Gasteiger partial charge in [-0.1, -0.05) is 35.9 Å². The van der Waals surface area contributed by atoms with Gasteiger partial charge < -0.3 is 13.9 Å². The fraction of sp³-hybridized carbons (Fsp3) is 0.115. The number of carbonyl (C=O) groups excluding carboxylic acids is 1. The second-order valence-electron chi connectivity index (χ2n) is 7.13. The molecule has 0 fully saturated rings. The Labute approximate surface area is 186 Å². The van der Waals surface area contributed by atoms with Crippen LogP contribution in [0.15, 0.2) is 89.7 Å². The number of benzene rings is 2. The van der Waals surface area contributed by atoms with Gasteiger partial charge in [0, 0.05) is 17.8 Å². The second-order valence-corrected chi connectivity index (χ2v) is 7.13. The molecule has 0 aliphatic heterocycles. The molecule has 0 saturated carbocycles. The summed E-state index contributed by atoms with van der Waals surface area (Å²) in [7, 11) is 0. The highest BCUT2D eigenvalue weighted by atomic mass is 16.5. The zero-order chi connectivity index (χ0) is 22.2. The molecule has 0 aliphatic rings. The lowest BCUT2D eigenvalue weighted by Gasteiger charge is -2.05. The quantitative estimate of drug-likeness (QED) is 0.278. The molecule has 2 aromatic heterocycles. The molecular formula is C26H22N2O4. The molecule has 0 N–H and O–H groups in total. The Morgan fingerprint density at radius 2 is 1.78 bits per heavy atom. The molecule has 2 heterocycles. The number of hydrogen-bond acceptors (Lipinski definition) is 6. The van der Waals surface area contributed by atoms with Gasteiger partial charge in [-0.2, -0.15) is 0 Å². The smallest absolute Gasteiger partial charge is 0.331 e. The third kappa shape index (κ3) is 5.92. The van der Waals surface area contributed by atoms with Gasteiger partial charge in [0.2, 0.25) is 5.89 Å². The van der Waals surface area contributed by atoms with E-state index >= 15 is 0 Å². The van der Waals surface area contributed by atoms with E-state index < -0.39 is 5.97 Å². The molecule has 0 saturated heterocycles. The van der Waals surface area contributed by atoms with Crippen molar-refractivity contribution in [1.82, 2.24) is 9.97 Å². The normalized spacial score (nSPS) is 10.9. The van der Waals surface area contributed by atoms with Crippen molar-refractivity contribution < 1.29 is 18.7 Å². The molecule has 6 nitrogen and oxygen atoms in total. The molecule has 0 spiro atoms. The number of nitrogens with zero attached hydrogens (tertiary/aromatic N) is 2. The zero-order valence-corrected chi connectivity index (χ0v) is 17.6. The summed E-state index contributed by atoms with van der Waals surface area (Å²) in [6.45, 7) is 2.46. The summed E-state index contributed by atoms with van der Waals surface area (Å²) < 4.78 is 16.4. The number of aryl methyl sites for hydroxylation is 1. The molecular weight excluding hydrogens is 404 g/mol. The Morgan fingerprint density at radius 1 is 0.969 bits per heavy atom. The Morgan fingerprint density at radius 3 is 2.53 bits per heavy atom. The number of aromatic nitrogens is 2. The average Bonchev–Trinajstić information content (AvgIpc) is 3.31. The van der Waals surface area contributed by atoms with Gasteiger partial charge in [-0.25, -0.2) is 9.78 Å². The maximum Gasteiger partial charge on any atom is 0.331 e. The maximum atomic E-state index is 12.0. The first-order valence-electron chi connectivity index (χ1n) is 10.1. The first-order valence-corrected chi connectivity index (χ1v) is 10.1. The van der Waals surface area contributed by atoms with Crippen LogP contribution < -0.4 is 4.74 Å². The van der Waals surface area contributed by atoms with E-state index in [4.69, 9.17) is 13.9 Å². The minimum absolute atomic E-state index is 0.0405. The molecule has 4 rings (SSSR count). The average molecular weight is 426 g/mol. The molecule has 0 aliphatic carbocycles. The van der Waals surface area contributed by atoms with E-state index in [1.54, 1.807) is 12.3 Å². The van der Waals surface area contributed by atoms with E-state index in [-0.39, 0.29) is 6.61 Å². The Balaban J connectivity index is 1.25. The third-order valence-electron chi connectivity index (χ3n) is 4.62. The molecule has 6 heteroatoms. The number of hydrogen-bond donors (Lipinski definition) is 0. The largest absolute Gasteiger partial charge is 0.487 e. The Bertz CT molecular complexity index is 1180. The summed E-state index contributed by atoms with van der Waals surface area (Å²) in [6, 6.07) is 21.0. The van der Waals surface area contributed by atoms with E-state index in [1.165, 1.54) is 12.3 Å². The Hall–Kier alpha value is -4.19. The van der Waals surface area contributed by atoms with Crippen molar-refractivity contribution in [2.45, 2.75) is 20.1 Å². The fourth-order valence-corrected chi connectivity index (χ4v) is 2.88. The summed E-state index contributed by atoms with van der Waals surface area (Å²) in [6.07, 6.45) is 6.29. The van der Waals surface area contributed by atoms with Crippen molar-refractivity contribution in [3.8, 4) is 17.2 Å². The highest BCUT2D eigenvalue weighted by molar-refractivity contribution is 5.87. The van der Waals surface area contributed by atoms with Gasteiger partial charge >= 0.3 is 5.97 Å². The molecule has 0 atom stereocenters. The van der Waals surface area contributed by atoms with E-state index in [9.17, 15) is 4.79 Å². The summed E-state index contributed by atoms with van der Waals surface area (Å²) >= 11 is 0. The minimum Gasteiger partial charge on any atom is -0.487 e. The molecule has 0 bridgehead atoms. The van der Waals surface area contributed by atoms with Crippen LogP contribution in [-0.2, 0) is 22.7 Å². The lowest BCUT2D eigenvalue weighted by Crippen LogP contribution is -2.01. The number of carbonyl (C=O) groups is 1. The Kier molecular flexibility index (Phi) is 6.72. The van der Waals surface area contributed by atoms with Crippen LogP contribution in [0.1, 0.15) is 22.5 Å². The minimum atomic E-state index is -0.458. The molecule has 0 radical (unpaired) electrons. The standard InChI is InChI=1S/C26H22N2O4/c1-19-5-10-21(11-6-19)26-28-23(18-32-26)17-31-25(29)14-9-20-7-12-24(13-8-20)30-16-22-4-2-3-15-27-22/h2-15,18H,16-17H2,1H3/b14-9+. The van der Waals surface area contributed by atoms with Gasteiger partial charge in [0.25, 0.3) is 0 Å². The number of pyridine rings is 1. The van der Waals surface area contributed by atoms with Gasteiger partial charge in [-0.05, 0) is 55.0 Å². The van der Waals surface area contributed by atoms with Crippen molar-refractivity contribution in [3.63, 3.8) is 0 Å². The van der Waals surface area contributed by atoms with Crippen LogP contribution in [0, 0.1) is 6.92 Å². The van der Waals surface area contributed by atoms with E-state index in [2.05, 4.69) is 9.97 Å². The zero-order valence-electron chi connectivity index (χ0n) is 17.6. The van der Waals surface area contributed by atoms with Crippen LogP contribution in [-0.4, -0.2) is 15.9 Å². The van der Waals surface area contributed by atoms with E-state index in [1.807, 2.05) is 73.7 Å². The lowest BCUT2D eigenvalue weighted by molar-refractivity contribution is -0.139. The SMILES string of the molecule is Cc1ccc(-c2nc(COC(=O)/C=C/c3ccc(OCc4ccccn4)cc3)co2)cc1. The van der Waals surface area contributed by atoms with Gasteiger partial charge in [-0.15, -0.1) is 0 Å². The van der Waals surface area contributed by atoms with E-state index in [0.29, 0.717) is 18.2 Å². The lowest BCUT2D eigenvalue weighted by atomic mass is 10.1. The molecule has 0 unspecified atom stereocenters. The number of ether oxygens (including phenoxy) is 2. The maximum absolute atomic E-state index is 12.0. The summed E-state index contributed by atoms with van der Waals surface area (Å²) in [5.41, 5.74) is 4.30. The van der Waals surface area contributed by atoms with Crippen LogP contribution in [0.3, 0.4) is 0 Å². The predicted octanol–water partition coefficient (Wildman–Crippen LogP) is 5.38. The molecule has 0 amide bonds. The van der Waals surface area contributed by atoms with Crippen LogP contribution in [0.5, 0.6) is 5.75 Å². The first kappa shape index (κ1) is 21.1. The van der Waals surface area contributed by atoms with Gasteiger partial charge in [0.15, 0.2) is 0 Å². The van der Waals surface area contributed by atoms with Crippen molar-refractivity contribution in [1.29, 1.82) is 0 Å². The number of esters is 1. The van der Waals surface area contributed by atoms with Crippen molar-refractivity contribution in [3.05, 3.63) is 108 Å². The van der Waals surface area contributed by atoms with Crippen LogP contribution in [0.25, 0.3) is 17.5 Å². The van der Waals surface area contributed by atoms with Crippen LogP contribution >= 0.6 is 0 Å². The third-order valence-corrected chi connectivity index (χ3v) is 4.62. The fourth-order valence-electron chi connectivity index (χ4n) is 2.88. The van der Waals surface area contributed by atoms with Gasteiger partial charge in [-0.3, -0.25) is 4.98 Å². The van der Waals surface area contributed by atoms with Crippen molar-refractivity contribution in [2.24, 2.45) is 0 Å². The first-order chi connectivity index (χ1) is 15.7. The summed E-state index contributed by atoms with van der Waals surface area (Å²) in [5, 5.41) is 0. The van der Waals surface area contributed by atoms with Crippen molar-refractivity contribution in [2.75, 3.05) is 0 Å². The molecule has 160 valence electrons. The van der Waals surface area contributed by atoms with Crippen LogP contribution in [0.2, 0.25) is 0 Å². The van der Waals surface area contributed by atoms with Crippen molar-refractivity contribution >= 4 is 12.0 Å². The number of rotatable bonds is 8. The molecule has 32 heavy (non-hydrogen) atoms. The van der Waals surface area contributed by atoms with Crippen LogP contribution in [0.4, 0.5) is 0 Å². The molecule has 4 aromatic rings. The summed E-state index contributed by atoms with van der Waals surface area (Å²) in [5.74, 6) is 0.767. The topological polar surface area (TPSA) is 74.5 Å². The molecule has 2 aromatic carbocycles. The highest BCUT2D eigenvalue weighted by Gasteiger charge is 2.08. The van der Waals surface area contributed by atoms with E-state index in [0.717, 1.165) is 28.1 Å².